The molecule has 2 rings (SSSR count). The Labute approximate surface area is 142 Å². The van der Waals surface area contributed by atoms with Crippen molar-refractivity contribution in [3.8, 4) is 10.6 Å². The lowest BCUT2D eigenvalue weighted by molar-refractivity contribution is 0.0596. The summed E-state index contributed by atoms with van der Waals surface area (Å²) in [6, 6.07) is 6.02. The fourth-order valence-electron chi connectivity index (χ4n) is 1.79. The van der Waals surface area contributed by atoms with Crippen molar-refractivity contribution < 1.29 is 23.5 Å². The number of benzene rings is 1. The van der Waals surface area contributed by atoms with E-state index in [9.17, 15) is 14.0 Å². The van der Waals surface area contributed by atoms with E-state index in [1.165, 1.54) is 19.2 Å². The molecule has 0 unspecified atom stereocenters. The number of carbonyl (C=O) groups excluding carboxylic acids is 2. The number of nitrogens with one attached hydrogen (secondary N) is 1. The number of rotatable bonds is 3. The fraction of sp³-hybridized carbons (Fsp3) is 0.312. The van der Waals surface area contributed by atoms with Crippen LogP contribution in [-0.2, 0) is 9.47 Å². The molecule has 6 nitrogen and oxygen atoms in total. The molecule has 0 spiro atoms. The topological polar surface area (TPSA) is 77.5 Å². The van der Waals surface area contributed by atoms with Gasteiger partial charge in [0.05, 0.1) is 7.11 Å². The maximum atomic E-state index is 13.9. The number of halogens is 1. The van der Waals surface area contributed by atoms with E-state index in [0.717, 1.165) is 11.3 Å². The Bertz CT molecular complexity index is 768. The molecule has 1 heterocycles. The molecule has 2 aromatic rings. The second kappa shape index (κ2) is 6.96. The molecule has 128 valence electrons. The Balaban J connectivity index is 2.38. The monoisotopic (exact) mass is 352 g/mol. The number of amides is 1. The number of esters is 1. The summed E-state index contributed by atoms with van der Waals surface area (Å²) in [7, 11) is 1.20. The third-order valence-electron chi connectivity index (χ3n) is 2.72. The van der Waals surface area contributed by atoms with Gasteiger partial charge in [-0.05, 0) is 32.9 Å². The number of nitrogens with zero attached hydrogens (tertiary/aromatic N) is 1. The van der Waals surface area contributed by atoms with Gasteiger partial charge < -0.3 is 9.47 Å². The highest BCUT2D eigenvalue weighted by molar-refractivity contribution is 7.19. The number of thiazole rings is 1. The number of ether oxygens (including phenoxy) is 2. The molecule has 0 saturated heterocycles. The first-order valence-electron chi connectivity index (χ1n) is 7.05. The van der Waals surface area contributed by atoms with Crippen LogP contribution >= 0.6 is 11.3 Å². The molecule has 24 heavy (non-hydrogen) atoms. The van der Waals surface area contributed by atoms with Crippen molar-refractivity contribution in [1.82, 2.24) is 4.98 Å². The first-order valence-corrected chi connectivity index (χ1v) is 7.87. The van der Waals surface area contributed by atoms with Gasteiger partial charge in [0.2, 0.25) is 0 Å². The summed E-state index contributed by atoms with van der Waals surface area (Å²) >= 11 is 0.961. The van der Waals surface area contributed by atoms with Crippen molar-refractivity contribution >= 4 is 28.4 Å². The predicted molar refractivity (Wildman–Crippen MR) is 88.7 cm³/mol. The minimum Gasteiger partial charge on any atom is -0.464 e. The van der Waals surface area contributed by atoms with E-state index < -0.39 is 23.5 Å². The largest absolute Gasteiger partial charge is 0.464 e. The van der Waals surface area contributed by atoms with E-state index in [2.05, 4.69) is 15.0 Å². The van der Waals surface area contributed by atoms with Crippen LogP contribution in [0.1, 0.15) is 31.3 Å². The third-order valence-corrected chi connectivity index (χ3v) is 3.73. The van der Waals surface area contributed by atoms with Crippen LogP contribution in [0.25, 0.3) is 10.6 Å². The quantitative estimate of drug-likeness (QED) is 0.842. The molecule has 1 aromatic heterocycles. The van der Waals surface area contributed by atoms with Crippen molar-refractivity contribution in [3.05, 3.63) is 35.8 Å². The Morgan fingerprint density at radius 1 is 1.25 bits per heavy atom. The van der Waals surface area contributed by atoms with Gasteiger partial charge in [-0.2, -0.15) is 0 Å². The molecule has 8 heteroatoms. The molecule has 0 aliphatic carbocycles. The molecule has 0 saturated carbocycles. The lowest BCUT2D eigenvalue weighted by Gasteiger charge is -2.19. The Kier molecular flexibility index (Phi) is 5.18. The van der Waals surface area contributed by atoms with Gasteiger partial charge in [0.15, 0.2) is 5.69 Å². The summed E-state index contributed by atoms with van der Waals surface area (Å²) in [5, 5.41) is 2.85. The average molecular weight is 352 g/mol. The highest BCUT2D eigenvalue weighted by Crippen LogP contribution is 2.34. The van der Waals surface area contributed by atoms with Crippen LogP contribution in [0.15, 0.2) is 24.3 Å². The van der Waals surface area contributed by atoms with Crippen molar-refractivity contribution in [3.63, 3.8) is 0 Å². The van der Waals surface area contributed by atoms with E-state index in [1.54, 1.807) is 32.9 Å². The number of aromatic nitrogens is 1. The normalized spacial score (nSPS) is 11.0. The van der Waals surface area contributed by atoms with Crippen LogP contribution in [0.5, 0.6) is 0 Å². The number of anilines is 1. The first kappa shape index (κ1) is 17.9. The highest BCUT2D eigenvalue weighted by Gasteiger charge is 2.24. The summed E-state index contributed by atoms with van der Waals surface area (Å²) in [6.45, 7) is 5.14. The van der Waals surface area contributed by atoms with Gasteiger partial charge in [0, 0.05) is 5.56 Å². The van der Waals surface area contributed by atoms with Crippen molar-refractivity contribution in [1.29, 1.82) is 0 Å². The predicted octanol–water partition coefficient (Wildman–Crippen LogP) is 4.08. The number of hydrogen-bond acceptors (Lipinski definition) is 6. The van der Waals surface area contributed by atoms with E-state index in [4.69, 9.17) is 4.74 Å². The van der Waals surface area contributed by atoms with Crippen molar-refractivity contribution in [2.45, 2.75) is 26.4 Å². The molecular formula is C16H17FN2O4S. The van der Waals surface area contributed by atoms with Crippen LogP contribution in [0.4, 0.5) is 14.2 Å². The smallest absolute Gasteiger partial charge is 0.412 e. The molecule has 0 radical (unpaired) electrons. The van der Waals surface area contributed by atoms with Crippen LogP contribution < -0.4 is 5.32 Å². The second-order valence-corrected chi connectivity index (χ2v) is 6.79. The van der Waals surface area contributed by atoms with Gasteiger partial charge in [-0.25, -0.2) is 19.0 Å². The maximum Gasteiger partial charge on any atom is 0.412 e. The summed E-state index contributed by atoms with van der Waals surface area (Å²) in [6.07, 6.45) is -0.739. The van der Waals surface area contributed by atoms with E-state index in [0.29, 0.717) is 0 Å². The van der Waals surface area contributed by atoms with Crippen molar-refractivity contribution in [2.24, 2.45) is 0 Å². The zero-order valence-corrected chi connectivity index (χ0v) is 14.5. The van der Waals surface area contributed by atoms with Gasteiger partial charge in [0.1, 0.15) is 21.4 Å². The summed E-state index contributed by atoms with van der Waals surface area (Å²) in [4.78, 5) is 27.9. The van der Waals surface area contributed by atoms with Crippen LogP contribution in [0.2, 0.25) is 0 Å². The van der Waals surface area contributed by atoms with Gasteiger partial charge in [0.25, 0.3) is 0 Å². The van der Waals surface area contributed by atoms with Gasteiger partial charge in [-0.15, -0.1) is 0 Å². The molecule has 0 aliphatic rings. The SMILES string of the molecule is COC(=O)c1nc(-c2ccccc2F)sc1NC(=O)OC(C)(C)C. The van der Waals surface area contributed by atoms with Gasteiger partial charge in [-0.1, -0.05) is 23.5 Å². The molecule has 0 atom stereocenters. The summed E-state index contributed by atoms with van der Waals surface area (Å²) < 4.78 is 23.7. The Hall–Kier alpha value is -2.48. The van der Waals surface area contributed by atoms with E-state index in [-0.39, 0.29) is 21.3 Å². The average Bonchev–Trinajstić information content (AvgIpc) is 2.88. The fourth-order valence-corrected chi connectivity index (χ4v) is 2.75. The van der Waals surface area contributed by atoms with E-state index >= 15 is 0 Å². The Morgan fingerprint density at radius 3 is 2.50 bits per heavy atom. The number of carbonyl (C=O) groups is 2. The van der Waals surface area contributed by atoms with Gasteiger partial charge >= 0.3 is 12.1 Å². The van der Waals surface area contributed by atoms with Crippen LogP contribution in [0.3, 0.4) is 0 Å². The Morgan fingerprint density at radius 2 is 1.92 bits per heavy atom. The molecule has 1 aromatic carbocycles. The molecule has 0 fully saturated rings. The molecule has 1 N–H and O–H groups in total. The van der Waals surface area contributed by atoms with Crippen molar-refractivity contribution in [2.75, 3.05) is 12.4 Å². The zero-order chi connectivity index (χ0) is 17.9. The first-order chi connectivity index (χ1) is 11.2. The molecule has 0 aliphatic heterocycles. The minimum absolute atomic E-state index is 0.105. The minimum atomic E-state index is -0.739. The standard InChI is InChI=1S/C16H17FN2O4S/c1-16(2,3)23-15(21)19-13-11(14(20)22-4)18-12(24-13)9-7-5-6-8-10(9)17/h5-8H,1-4H3,(H,19,21). The number of methoxy groups -OCH3 is 1. The summed E-state index contributed by atoms with van der Waals surface area (Å²) in [5.41, 5.74) is -0.578. The molecule has 1 amide bonds. The molecule has 0 bridgehead atoms. The second-order valence-electron chi connectivity index (χ2n) is 5.80. The molecular weight excluding hydrogens is 335 g/mol. The van der Waals surface area contributed by atoms with Crippen LogP contribution in [-0.4, -0.2) is 29.8 Å². The van der Waals surface area contributed by atoms with Crippen LogP contribution in [0, 0.1) is 5.82 Å². The maximum absolute atomic E-state index is 13.9. The van der Waals surface area contributed by atoms with Gasteiger partial charge in [-0.3, -0.25) is 5.32 Å². The lowest BCUT2D eigenvalue weighted by atomic mass is 10.2. The zero-order valence-electron chi connectivity index (χ0n) is 13.7. The number of hydrogen-bond donors (Lipinski definition) is 1. The lowest BCUT2D eigenvalue weighted by Crippen LogP contribution is -2.27. The summed E-state index contributed by atoms with van der Waals surface area (Å²) in [5.74, 6) is -1.22. The van der Waals surface area contributed by atoms with E-state index in [1.807, 2.05) is 0 Å². The third kappa shape index (κ3) is 4.29. The highest BCUT2D eigenvalue weighted by atomic mass is 32.1.